The van der Waals surface area contributed by atoms with Gasteiger partial charge in [0, 0.05) is 17.0 Å². The summed E-state index contributed by atoms with van der Waals surface area (Å²) >= 11 is 1.60. The predicted molar refractivity (Wildman–Crippen MR) is 96.6 cm³/mol. The fraction of sp³-hybridized carbons (Fsp3) is 0.278. The molecule has 3 aromatic rings. The van der Waals surface area contributed by atoms with Crippen molar-refractivity contribution >= 4 is 17.4 Å². The average molecular weight is 354 g/mol. The lowest BCUT2D eigenvalue weighted by Crippen LogP contribution is -2.16. The number of thioether (sulfide) groups is 1. The Bertz CT molecular complexity index is 854. The molecule has 1 atom stereocenters. The minimum atomic E-state index is -0.470. The van der Waals surface area contributed by atoms with Gasteiger partial charge in [-0.05, 0) is 24.6 Å². The highest BCUT2D eigenvalue weighted by Gasteiger charge is 2.27. The van der Waals surface area contributed by atoms with Crippen molar-refractivity contribution in [2.24, 2.45) is 0 Å². The number of anilines is 1. The zero-order valence-corrected chi connectivity index (χ0v) is 14.6. The van der Waals surface area contributed by atoms with Crippen molar-refractivity contribution < 1.29 is 9.15 Å². The number of rotatable bonds is 5. The summed E-state index contributed by atoms with van der Waals surface area (Å²) in [5, 5.41) is 12.6. The van der Waals surface area contributed by atoms with Gasteiger partial charge < -0.3 is 14.5 Å². The maximum absolute atomic E-state index is 6.10. The molecule has 6 nitrogen and oxygen atoms in total. The predicted octanol–water partition coefficient (Wildman–Crippen LogP) is 4.53. The lowest BCUT2D eigenvalue weighted by molar-refractivity contribution is 0.195. The summed E-state index contributed by atoms with van der Waals surface area (Å²) in [5.41, 5.74) is 2.46. The number of aromatic nitrogens is 3. The highest BCUT2D eigenvalue weighted by Crippen LogP contribution is 2.39. The molecule has 128 valence electrons. The smallest absolute Gasteiger partial charge is 0.247 e. The van der Waals surface area contributed by atoms with Crippen LogP contribution in [0, 0.1) is 0 Å². The Hall–Kier alpha value is -2.54. The first-order chi connectivity index (χ1) is 12.3. The fourth-order valence-corrected chi connectivity index (χ4v) is 3.45. The molecule has 0 amide bonds. The number of para-hydroxylation sites is 1. The first kappa shape index (κ1) is 16.0. The molecule has 0 saturated heterocycles. The van der Waals surface area contributed by atoms with Crippen LogP contribution in [0.25, 0.3) is 11.3 Å². The minimum Gasteiger partial charge on any atom is -0.463 e. The molecular weight excluding hydrogens is 336 g/mol. The number of fused-ring (bicyclic) bond motifs is 3. The minimum absolute atomic E-state index is 0.466. The number of ether oxygens (including phenoxy) is 1. The van der Waals surface area contributed by atoms with Crippen LogP contribution in [0.1, 0.15) is 31.8 Å². The largest absolute Gasteiger partial charge is 0.463 e. The van der Waals surface area contributed by atoms with Crippen LogP contribution >= 0.6 is 11.8 Å². The fourth-order valence-electron chi connectivity index (χ4n) is 2.59. The van der Waals surface area contributed by atoms with Crippen LogP contribution in [0.4, 0.5) is 5.69 Å². The molecule has 4 rings (SSSR count). The second-order valence-electron chi connectivity index (χ2n) is 5.65. The normalized spacial score (nSPS) is 15.5. The van der Waals surface area contributed by atoms with E-state index in [-0.39, 0.29) is 0 Å². The summed E-state index contributed by atoms with van der Waals surface area (Å²) in [6.07, 6.45) is 3.41. The Kier molecular flexibility index (Phi) is 4.56. The van der Waals surface area contributed by atoms with Crippen molar-refractivity contribution in [3.05, 3.63) is 48.4 Å². The summed E-state index contributed by atoms with van der Waals surface area (Å²) in [6.45, 7) is 2.16. The molecule has 0 fully saturated rings. The quantitative estimate of drug-likeness (QED) is 0.533. The second-order valence-corrected chi connectivity index (χ2v) is 6.72. The van der Waals surface area contributed by atoms with E-state index in [1.807, 2.05) is 36.4 Å². The van der Waals surface area contributed by atoms with Gasteiger partial charge >= 0.3 is 0 Å². The van der Waals surface area contributed by atoms with E-state index in [4.69, 9.17) is 9.15 Å². The van der Waals surface area contributed by atoms with Gasteiger partial charge in [0.25, 0.3) is 0 Å². The Labute approximate surface area is 150 Å². The van der Waals surface area contributed by atoms with Gasteiger partial charge in [-0.15, -0.1) is 10.2 Å². The van der Waals surface area contributed by atoms with E-state index >= 15 is 0 Å². The van der Waals surface area contributed by atoms with Gasteiger partial charge in [0.05, 0.1) is 6.26 Å². The molecule has 1 aliphatic heterocycles. The van der Waals surface area contributed by atoms with E-state index in [1.165, 1.54) is 0 Å². The van der Waals surface area contributed by atoms with Gasteiger partial charge in [-0.2, -0.15) is 4.98 Å². The summed E-state index contributed by atoms with van der Waals surface area (Å²) < 4.78 is 11.6. The summed E-state index contributed by atoms with van der Waals surface area (Å²) in [4.78, 5) is 4.59. The molecule has 0 spiro atoms. The SMILES string of the molecule is CCCCSc1nnc2c(n1)OC(c1ccco1)Nc1ccccc1-2. The molecule has 1 unspecified atom stereocenters. The van der Waals surface area contributed by atoms with Crippen LogP contribution in [0.15, 0.2) is 52.2 Å². The molecule has 2 aromatic heterocycles. The van der Waals surface area contributed by atoms with E-state index in [9.17, 15) is 0 Å². The van der Waals surface area contributed by atoms with E-state index in [0.29, 0.717) is 22.5 Å². The van der Waals surface area contributed by atoms with Gasteiger partial charge in [-0.1, -0.05) is 43.3 Å². The third-order valence-electron chi connectivity index (χ3n) is 3.86. The molecule has 3 heterocycles. The zero-order valence-electron chi connectivity index (χ0n) is 13.8. The second kappa shape index (κ2) is 7.14. The molecule has 25 heavy (non-hydrogen) atoms. The van der Waals surface area contributed by atoms with Crippen LogP contribution in [0.3, 0.4) is 0 Å². The van der Waals surface area contributed by atoms with E-state index in [0.717, 1.165) is 29.8 Å². The number of furan rings is 1. The van der Waals surface area contributed by atoms with Gasteiger partial charge in [-0.3, -0.25) is 0 Å². The number of hydrogen-bond donors (Lipinski definition) is 1. The topological polar surface area (TPSA) is 73.1 Å². The lowest BCUT2D eigenvalue weighted by Gasteiger charge is -2.16. The van der Waals surface area contributed by atoms with Crippen molar-refractivity contribution in [3.63, 3.8) is 0 Å². The Morgan fingerprint density at radius 1 is 1.16 bits per heavy atom. The monoisotopic (exact) mass is 354 g/mol. The third kappa shape index (κ3) is 3.32. The summed E-state index contributed by atoms with van der Waals surface area (Å²) in [6, 6.07) is 11.6. The Morgan fingerprint density at radius 3 is 2.92 bits per heavy atom. The molecule has 0 bridgehead atoms. The van der Waals surface area contributed by atoms with Crippen molar-refractivity contribution in [1.29, 1.82) is 0 Å². The van der Waals surface area contributed by atoms with E-state index in [2.05, 4.69) is 27.4 Å². The Balaban J connectivity index is 1.73. The van der Waals surface area contributed by atoms with E-state index in [1.54, 1.807) is 18.0 Å². The van der Waals surface area contributed by atoms with Crippen molar-refractivity contribution in [3.8, 4) is 17.1 Å². The average Bonchev–Trinajstić information content (AvgIpc) is 3.12. The van der Waals surface area contributed by atoms with Crippen molar-refractivity contribution in [2.75, 3.05) is 11.1 Å². The van der Waals surface area contributed by atoms with Gasteiger partial charge in [-0.25, -0.2) is 0 Å². The van der Waals surface area contributed by atoms with Crippen molar-refractivity contribution in [2.45, 2.75) is 31.1 Å². The molecule has 1 aromatic carbocycles. The van der Waals surface area contributed by atoms with Gasteiger partial charge in [0.15, 0.2) is 11.5 Å². The van der Waals surface area contributed by atoms with Crippen LogP contribution in [0.5, 0.6) is 5.88 Å². The lowest BCUT2D eigenvalue weighted by atomic mass is 10.1. The first-order valence-corrected chi connectivity index (χ1v) is 9.27. The van der Waals surface area contributed by atoms with Crippen LogP contribution < -0.4 is 10.1 Å². The number of hydrogen-bond acceptors (Lipinski definition) is 7. The molecule has 0 radical (unpaired) electrons. The first-order valence-electron chi connectivity index (χ1n) is 8.28. The third-order valence-corrected chi connectivity index (χ3v) is 4.79. The molecular formula is C18H18N4O2S. The standard InChI is InChI=1S/C18H18N4O2S/c1-2-3-11-25-18-20-17-15(21-22-18)12-7-4-5-8-13(12)19-16(24-17)14-9-6-10-23-14/h4-10,16,19H,2-3,11H2,1H3. The van der Waals surface area contributed by atoms with Crippen LogP contribution in [-0.2, 0) is 0 Å². The Morgan fingerprint density at radius 2 is 2.08 bits per heavy atom. The maximum Gasteiger partial charge on any atom is 0.247 e. The molecule has 1 aliphatic rings. The zero-order chi connectivity index (χ0) is 17.1. The number of nitrogens with one attached hydrogen (secondary N) is 1. The number of benzene rings is 1. The van der Waals surface area contributed by atoms with Crippen LogP contribution in [-0.4, -0.2) is 20.9 Å². The van der Waals surface area contributed by atoms with Crippen LogP contribution in [0.2, 0.25) is 0 Å². The summed E-state index contributed by atoms with van der Waals surface area (Å²) in [5.74, 6) is 2.11. The molecule has 1 N–H and O–H groups in total. The number of nitrogens with zero attached hydrogens (tertiary/aromatic N) is 3. The summed E-state index contributed by atoms with van der Waals surface area (Å²) in [7, 11) is 0. The van der Waals surface area contributed by atoms with Crippen molar-refractivity contribution in [1.82, 2.24) is 15.2 Å². The molecule has 7 heteroatoms. The molecule has 0 aliphatic carbocycles. The number of unbranched alkanes of at least 4 members (excludes halogenated alkanes) is 1. The van der Waals surface area contributed by atoms with E-state index < -0.39 is 6.23 Å². The highest BCUT2D eigenvalue weighted by atomic mass is 32.2. The van der Waals surface area contributed by atoms with Gasteiger partial charge in [0.2, 0.25) is 17.3 Å². The highest BCUT2D eigenvalue weighted by molar-refractivity contribution is 7.99. The molecule has 0 saturated carbocycles. The maximum atomic E-state index is 6.10. The van der Waals surface area contributed by atoms with Gasteiger partial charge in [0.1, 0.15) is 0 Å².